The molecule has 7 nitrogen and oxygen atoms in total. The van der Waals surface area contributed by atoms with E-state index in [1.165, 1.54) is 7.11 Å². The SMILES string of the molecule is COc1ccc2c(C)c(CCC(=O)NC(CC(C)C)C(=O)O)c(=O)oc2c1. The molecular formula is C20H25NO6. The van der Waals surface area contributed by atoms with Crippen molar-refractivity contribution in [1.29, 1.82) is 0 Å². The van der Waals surface area contributed by atoms with Crippen LogP contribution in [0, 0.1) is 12.8 Å². The quantitative estimate of drug-likeness (QED) is 0.687. The fourth-order valence-electron chi connectivity index (χ4n) is 2.99. The molecule has 2 rings (SSSR count). The Labute approximate surface area is 157 Å². The lowest BCUT2D eigenvalue weighted by molar-refractivity contribution is -0.142. The van der Waals surface area contributed by atoms with E-state index in [0.29, 0.717) is 23.3 Å². The first kappa shape index (κ1) is 20.5. The van der Waals surface area contributed by atoms with Crippen molar-refractivity contribution in [2.24, 2.45) is 5.92 Å². The second-order valence-corrected chi connectivity index (χ2v) is 6.94. The number of aliphatic carboxylic acids is 1. The van der Waals surface area contributed by atoms with Gasteiger partial charge in [0, 0.05) is 23.4 Å². The number of methoxy groups -OCH3 is 1. The molecule has 1 aromatic carbocycles. The Balaban J connectivity index is 2.15. The standard InChI is InChI=1S/C20H25NO6/c1-11(2)9-16(19(23)24)21-18(22)8-7-15-12(3)14-6-5-13(26-4)10-17(14)27-20(15)25/h5-6,10-11,16H,7-9H2,1-4H3,(H,21,22)(H,23,24). The van der Waals surface area contributed by atoms with Gasteiger partial charge in [-0.05, 0) is 43.4 Å². The highest BCUT2D eigenvalue weighted by Crippen LogP contribution is 2.24. The number of fused-ring (bicyclic) bond motifs is 1. The van der Waals surface area contributed by atoms with Crippen LogP contribution in [0.3, 0.4) is 0 Å². The summed E-state index contributed by atoms with van der Waals surface area (Å²) >= 11 is 0. The number of nitrogens with one attached hydrogen (secondary N) is 1. The van der Waals surface area contributed by atoms with Gasteiger partial charge in [-0.3, -0.25) is 4.79 Å². The molecule has 0 aliphatic carbocycles. The number of carboxylic acid groups (broad SMARTS) is 1. The van der Waals surface area contributed by atoms with E-state index < -0.39 is 23.5 Å². The number of ether oxygens (including phenoxy) is 1. The molecule has 0 radical (unpaired) electrons. The fraction of sp³-hybridized carbons (Fsp3) is 0.450. The molecule has 1 heterocycles. The molecule has 1 atom stereocenters. The van der Waals surface area contributed by atoms with Gasteiger partial charge >= 0.3 is 11.6 Å². The molecule has 0 saturated heterocycles. The van der Waals surface area contributed by atoms with Gasteiger partial charge in [-0.15, -0.1) is 0 Å². The summed E-state index contributed by atoms with van der Waals surface area (Å²) in [5.74, 6) is -0.746. The fourth-order valence-corrected chi connectivity index (χ4v) is 2.99. The average molecular weight is 375 g/mol. The Bertz CT molecular complexity index is 899. The number of carbonyl (C=O) groups is 2. The number of amides is 1. The van der Waals surface area contributed by atoms with Crippen LogP contribution in [0.4, 0.5) is 0 Å². The Morgan fingerprint density at radius 2 is 2.00 bits per heavy atom. The van der Waals surface area contributed by atoms with Crippen LogP contribution in [0.5, 0.6) is 5.75 Å². The van der Waals surface area contributed by atoms with Crippen LogP contribution in [0.25, 0.3) is 11.0 Å². The Morgan fingerprint density at radius 3 is 2.59 bits per heavy atom. The van der Waals surface area contributed by atoms with Crippen molar-refractivity contribution in [3.8, 4) is 5.75 Å². The largest absolute Gasteiger partial charge is 0.497 e. The van der Waals surface area contributed by atoms with Crippen molar-refractivity contribution in [1.82, 2.24) is 5.32 Å². The van der Waals surface area contributed by atoms with Gasteiger partial charge in [0.15, 0.2) is 0 Å². The molecule has 0 saturated carbocycles. The summed E-state index contributed by atoms with van der Waals surface area (Å²) in [5.41, 5.74) is 1.08. The van der Waals surface area contributed by atoms with Gasteiger partial charge in [-0.1, -0.05) is 13.8 Å². The third-order valence-electron chi connectivity index (χ3n) is 4.44. The zero-order valence-electron chi connectivity index (χ0n) is 16.0. The second kappa shape index (κ2) is 8.70. The average Bonchev–Trinajstić information content (AvgIpc) is 2.59. The Kier molecular flexibility index (Phi) is 6.60. The molecule has 2 aromatic rings. The smallest absolute Gasteiger partial charge is 0.339 e. The van der Waals surface area contributed by atoms with E-state index in [1.807, 2.05) is 13.8 Å². The predicted molar refractivity (Wildman–Crippen MR) is 101 cm³/mol. The molecule has 1 unspecified atom stereocenters. The first-order chi connectivity index (χ1) is 12.7. The predicted octanol–water partition coefficient (Wildman–Crippen LogP) is 2.66. The van der Waals surface area contributed by atoms with E-state index in [0.717, 1.165) is 10.9 Å². The molecule has 0 fully saturated rings. The highest BCUT2D eigenvalue weighted by molar-refractivity contribution is 5.84. The Morgan fingerprint density at radius 1 is 1.30 bits per heavy atom. The van der Waals surface area contributed by atoms with Crippen LogP contribution >= 0.6 is 0 Å². The van der Waals surface area contributed by atoms with Crippen LogP contribution in [0.15, 0.2) is 27.4 Å². The molecule has 27 heavy (non-hydrogen) atoms. The summed E-state index contributed by atoms with van der Waals surface area (Å²) in [7, 11) is 1.53. The molecule has 146 valence electrons. The summed E-state index contributed by atoms with van der Waals surface area (Å²) in [5, 5.41) is 12.5. The summed E-state index contributed by atoms with van der Waals surface area (Å²) in [4.78, 5) is 35.7. The van der Waals surface area contributed by atoms with Crippen LogP contribution in [0.2, 0.25) is 0 Å². The van der Waals surface area contributed by atoms with Crippen LogP contribution in [0.1, 0.15) is 37.8 Å². The molecule has 1 aromatic heterocycles. The van der Waals surface area contributed by atoms with Crippen LogP contribution in [-0.2, 0) is 16.0 Å². The van der Waals surface area contributed by atoms with Gasteiger partial charge in [0.2, 0.25) is 5.91 Å². The molecular weight excluding hydrogens is 350 g/mol. The number of benzene rings is 1. The molecule has 0 aliphatic heterocycles. The number of aryl methyl sites for hydroxylation is 1. The maximum absolute atomic E-state index is 12.3. The van der Waals surface area contributed by atoms with Crippen LogP contribution < -0.4 is 15.7 Å². The van der Waals surface area contributed by atoms with Gasteiger partial charge in [0.1, 0.15) is 17.4 Å². The van der Waals surface area contributed by atoms with E-state index in [1.54, 1.807) is 25.1 Å². The number of carbonyl (C=O) groups excluding carboxylic acids is 1. The van der Waals surface area contributed by atoms with Crippen molar-refractivity contribution < 1.29 is 23.8 Å². The lowest BCUT2D eigenvalue weighted by atomic mass is 10.0. The molecule has 1 amide bonds. The van der Waals surface area contributed by atoms with Crippen molar-refractivity contribution in [2.45, 2.75) is 46.1 Å². The monoisotopic (exact) mass is 375 g/mol. The third kappa shape index (κ3) is 5.09. The Hall–Kier alpha value is -2.83. The van der Waals surface area contributed by atoms with Gasteiger partial charge in [0.05, 0.1) is 7.11 Å². The highest BCUT2D eigenvalue weighted by atomic mass is 16.5. The lowest BCUT2D eigenvalue weighted by Crippen LogP contribution is -2.41. The molecule has 7 heteroatoms. The number of hydrogen-bond acceptors (Lipinski definition) is 5. The minimum absolute atomic E-state index is 0.00906. The van der Waals surface area contributed by atoms with E-state index in [2.05, 4.69) is 5.32 Å². The first-order valence-corrected chi connectivity index (χ1v) is 8.85. The number of rotatable bonds is 8. The molecule has 0 bridgehead atoms. The molecule has 0 spiro atoms. The minimum Gasteiger partial charge on any atom is -0.497 e. The summed E-state index contributed by atoms with van der Waals surface area (Å²) < 4.78 is 10.5. The van der Waals surface area contributed by atoms with Crippen molar-refractivity contribution in [2.75, 3.05) is 7.11 Å². The third-order valence-corrected chi connectivity index (χ3v) is 4.44. The summed E-state index contributed by atoms with van der Waals surface area (Å²) in [6, 6.07) is 4.29. The highest BCUT2D eigenvalue weighted by Gasteiger charge is 2.21. The van der Waals surface area contributed by atoms with E-state index in [-0.39, 0.29) is 18.8 Å². The number of carboxylic acids is 1. The maximum Gasteiger partial charge on any atom is 0.339 e. The van der Waals surface area contributed by atoms with Crippen molar-refractivity contribution in [3.63, 3.8) is 0 Å². The minimum atomic E-state index is -1.06. The van der Waals surface area contributed by atoms with E-state index in [9.17, 15) is 19.5 Å². The van der Waals surface area contributed by atoms with Gasteiger partial charge in [-0.25, -0.2) is 9.59 Å². The zero-order valence-corrected chi connectivity index (χ0v) is 16.0. The normalized spacial score (nSPS) is 12.2. The second-order valence-electron chi connectivity index (χ2n) is 6.94. The van der Waals surface area contributed by atoms with E-state index >= 15 is 0 Å². The topological polar surface area (TPSA) is 106 Å². The maximum atomic E-state index is 12.3. The zero-order chi connectivity index (χ0) is 20.1. The number of hydrogen-bond donors (Lipinski definition) is 2. The van der Waals surface area contributed by atoms with Crippen LogP contribution in [-0.4, -0.2) is 30.1 Å². The van der Waals surface area contributed by atoms with Gasteiger partial charge < -0.3 is 19.6 Å². The first-order valence-electron chi connectivity index (χ1n) is 8.85. The van der Waals surface area contributed by atoms with E-state index in [4.69, 9.17) is 9.15 Å². The summed E-state index contributed by atoms with van der Waals surface area (Å²) in [6.07, 6.45) is 0.533. The van der Waals surface area contributed by atoms with Crippen molar-refractivity contribution in [3.05, 3.63) is 39.7 Å². The summed E-state index contributed by atoms with van der Waals surface area (Å²) in [6.45, 7) is 5.58. The lowest BCUT2D eigenvalue weighted by Gasteiger charge is -2.16. The van der Waals surface area contributed by atoms with Gasteiger partial charge in [0.25, 0.3) is 0 Å². The molecule has 2 N–H and O–H groups in total. The molecule has 0 aliphatic rings. The van der Waals surface area contributed by atoms with Crippen molar-refractivity contribution >= 4 is 22.8 Å². The van der Waals surface area contributed by atoms with Gasteiger partial charge in [-0.2, -0.15) is 0 Å².